The Bertz CT molecular complexity index is 1450. The Hall–Kier alpha value is -4.53. The number of aromatic nitrogens is 3. The zero-order chi connectivity index (χ0) is 25.2. The summed E-state index contributed by atoms with van der Waals surface area (Å²) in [5.74, 6) is -0.216. The number of carbonyl (C=O) groups excluding carboxylic acids is 3. The van der Waals surface area contributed by atoms with Gasteiger partial charge in [-0.2, -0.15) is 0 Å². The third kappa shape index (κ3) is 4.55. The van der Waals surface area contributed by atoms with Gasteiger partial charge < -0.3 is 19.5 Å². The molecule has 1 aliphatic heterocycles. The molecule has 0 bridgehead atoms. The number of aromatic amines is 1. The summed E-state index contributed by atoms with van der Waals surface area (Å²) in [6.07, 6.45) is 1.79. The van der Waals surface area contributed by atoms with Gasteiger partial charge in [0.2, 0.25) is 5.78 Å². The largest absolute Gasteiger partial charge is 0.465 e. The third-order valence-electron chi connectivity index (χ3n) is 6.29. The van der Waals surface area contributed by atoms with E-state index in [1.54, 1.807) is 18.3 Å². The molecule has 9 heteroatoms. The fourth-order valence-corrected chi connectivity index (χ4v) is 4.28. The number of hydrogen-bond acceptors (Lipinski definition) is 7. The van der Waals surface area contributed by atoms with Gasteiger partial charge in [0.05, 0.1) is 23.7 Å². The van der Waals surface area contributed by atoms with Crippen molar-refractivity contribution in [2.24, 2.45) is 0 Å². The number of esters is 1. The monoisotopic (exact) mass is 483 g/mol. The third-order valence-corrected chi connectivity index (χ3v) is 6.29. The summed E-state index contributed by atoms with van der Waals surface area (Å²) < 4.78 is 4.69. The molecule has 36 heavy (non-hydrogen) atoms. The Labute approximate surface area is 207 Å². The summed E-state index contributed by atoms with van der Waals surface area (Å²) in [6.45, 7) is 3.94. The van der Waals surface area contributed by atoms with Crippen molar-refractivity contribution in [3.05, 3.63) is 77.5 Å². The van der Waals surface area contributed by atoms with Crippen molar-refractivity contribution in [3.8, 4) is 11.4 Å². The van der Waals surface area contributed by atoms with Crippen LogP contribution in [0.1, 0.15) is 26.3 Å². The van der Waals surface area contributed by atoms with Crippen molar-refractivity contribution in [2.75, 3.05) is 38.2 Å². The van der Waals surface area contributed by atoms with Gasteiger partial charge in [-0.05, 0) is 48.9 Å². The van der Waals surface area contributed by atoms with Crippen LogP contribution in [-0.4, -0.2) is 70.8 Å². The zero-order valence-corrected chi connectivity index (χ0v) is 20.0. The first-order valence-electron chi connectivity index (χ1n) is 11.6. The minimum atomic E-state index is -0.641. The number of anilines is 1. The Morgan fingerprint density at radius 3 is 2.44 bits per heavy atom. The molecule has 1 aliphatic rings. The van der Waals surface area contributed by atoms with Gasteiger partial charge in [-0.3, -0.25) is 9.59 Å². The number of Topliss-reactive ketones (excluding diaryl/α,β-unsaturated/α-hetero) is 1. The molecule has 5 rings (SSSR count). The maximum atomic E-state index is 12.8. The van der Waals surface area contributed by atoms with Gasteiger partial charge in [-0.15, -0.1) is 0 Å². The highest BCUT2D eigenvalue weighted by molar-refractivity contribution is 6.42. The number of pyridine rings is 1. The highest BCUT2D eigenvalue weighted by Crippen LogP contribution is 2.23. The number of benzene rings is 2. The summed E-state index contributed by atoms with van der Waals surface area (Å²) in [7, 11) is 1.27. The lowest BCUT2D eigenvalue weighted by molar-refractivity contribution is -0.126. The number of piperazine rings is 1. The molecule has 0 unspecified atom stereocenters. The molecule has 0 radical (unpaired) electrons. The SMILES string of the molecule is COC(=O)c1cccc(C(=O)C(=O)N2CCN(c3ccc(-c4nc5ccc(C)cc5[nH]4)cn3)CC2)c1. The average Bonchev–Trinajstić information content (AvgIpc) is 3.35. The number of rotatable bonds is 5. The number of fused-ring (bicyclic) bond motifs is 1. The molecule has 1 amide bonds. The quantitative estimate of drug-likeness (QED) is 0.264. The number of hydrogen-bond donors (Lipinski definition) is 1. The van der Waals surface area contributed by atoms with E-state index < -0.39 is 17.7 Å². The number of aryl methyl sites for hydroxylation is 1. The van der Waals surface area contributed by atoms with Gasteiger partial charge in [-0.1, -0.05) is 18.2 Å². The van der Waals surface area contributed by atoms with E-state index in [0.717, 1.165) is 28.2 Å². The molecular weight excluding hydrogens is 458 g/mol. The molecule has 1 N–H and O–H groups in total. The number of H-pyrrole nitrogens is 1. The summed E-state index contributed by atoms with van der Waals surface area (Å²) >= 11 is 0. The fourth-order valence-electron chi connectivity index (χ4n) is 4.28. The number of carbonyl (C=O) groups is 3. The highest BCUT2D eigenvalue weighted by atomic mass is 16.5. The second-order valence-electron chi connectivity index (χ2n) is 8.69. The van der Waals surface area contributed by atoms with E-state index in [1.165, 1.54) is 29.7 Å². The van der Waals surface area contributed by atoms with Crippen LogP contribution < -0.4 is 4.90 Å². The number of imidazole rings is 1. The molecule has 2 aromatic carbocycles. The number of methoxy groups -OCH3 is 1. The molecule has 1 saturated heterocycles. The maximum Gasteiger partial charge on any atom is 0.337 e. The smallest absolute Gasteiger partial charge is 0.337 e. The lowest BCUT2D eigenvalue weighted by Crippen LogP contribution is -2.50. The van der Waals surface area contributed by atoms with Crippen LogP contribution >= 0.6 is 0 Å². The van der Waals surface area contributed by atoms with Gasteiger partial charge >= 0.3 is 5.97 Å². The van der Waals surface area contributed by atoms with Crippen molar-refractivity contribution in [2.45, 2.75) is 6.92 Å². The van der Waals surface area contributed by atoms with Crippen LogP contribution in [0, 0.1) is 6.92 Å². The summed E-state index contributed by atoms with van der Waals surface area (Å²) in [4.78, 5) is 53.5. The van der Waals surface area contributed by atoms with E-state index in [0.29, 0.717) is 26.2 Å². The molecule has 4 aromatic rings. The minimum Gasteiger partial charge on any atom is -0.465 e. The molecule has 9 nitrogen and oxygen atoms in total. The van der Waals surface area contributed by atoms with Crippen molar-refractivity contribution in [1.29, 1.82) is 0 Å². The topological polar surface area (TPSA) is 108 Å². The van der Waals surface area contributed by atoms with Gasteiger partial charge in [-0.25, -0.2) is 14.8 Å². The van der Waals surface area contributed by atoms with Crippen LogP contribution in [0.5, 0.6) is 0 Å². The van der Waals surface area contributed by atoms with Gasteiger partial charge in [0, 0.05) is 43.5 Å². The van der Waals surface area contributed by atoms with E-state index in [2.05, 4.69) is 30.7 Å². The first-order valence-corrected chi connectivity index (χ1v) is 11.6. The fraction of sp³-hybridized carbons (Fsp3) is 0.222. The molecule has 3 heterocycles. The van der Waals surface area contributed by atoms with Gasteiger partial charge in [0.15, 0.2) is 0 Å². The minimum absolute atomic E-state index is 0.170. The Kier molecular flexibility index (Phi) is 6.20. The Balaban J connectivity index is 1.22. The zero-order valence-electron chi connectivity index (χ0n) is 20.0. The van der Waals surface area contributed by atoms with Gasteiger partial charge in [0.1, 0.15) is 11.6 Å². The van der Waals surface area contributed by atoms with Crippen LogP contribution in [-0.2, 0) is 9.53 Å². The second kappa shape index (κ2) is 9.61. The Morgan fingerprint density at radius 2 is 1.72 bits per heavy atom. The highest BCUT2D eigenvalue weighted by Gasteiger charge is 2.27. The van der Waals surface area contributed by atoms with E-state index in [-0.39, 0.29) is 11.1 Å². The second-order valence-corrected chi connectivity index (χ2v) is 8.69. The molecule has 0 atom stereocenters. The maximum absolute atomic E-state index is 12.8. The van der Waals surface area contributed by atoms with Crippen LogP contribution in [0.2, 0.25) is 0 Å². The molecule has 182 valence electrons. The number of nitrogens with zero attached hydrogens (tertiary/aromatic N) is 4. The van der Waals surface area contributed by atoms with Crippen LogP contribution in [0.4, 0.5) is 5.82 Å². The van der Waals surface area contributed by atoms with E-state index in [1.807, 2.05) is 31.2 Å². The molecule has 1 fully saturated rings. The van der Waals surface area contributed by atoms with Crippen molar-refractivity contribution in [3.63, 3.8) is 0 Å². The number of amides is 1. The van der Waals surface area contributed by atoms with Crippen LogP contribution in [0.15, 0.2) is 60.8 Å². The number of nitrogens with one attached hydrogen (secondary N) is 1. The van der Waals surface area contributed by atoms with Crippen LogP contribution in [0.3, 0.4) is 0 Å². The first-order chi connectivity index (χ1) is 17.4. The lowest BCUT2D eigenvalue weighted by Gasteiger charge is -2.35. The lowest BCUT2D eigenvalue weighted by atomic mass is 10.1. The molecule has 2 aromatic heterocycles. The Morgan fingerprint density at radius 1 is 0.944 bits per heavy atom. The van der Waals surface area contributed by atoms with Crippen LogP contribution in [0.25, 0.3) is 22.4 Å². The van der Waals surface area contributed by atoms with E-state index in [9.17, 15) is 14.4 Å². The van der Waals surface area contributed by atoms with Gasteiger partial charge in [0.25, 0.3) is 5.91 Å². The predicted octanol–water partition coefficient (Wildman–Crippen LogP) is 3.25. The van der Waals surface area contributed by atoms with Crippen molar-refractivity contribution >= 4 is 34.5 Å². The summed E-state index contributed by atoms with van der Waals surface area (Å²) in [5.41, 5.74) is 4.35. The summed E-state index contributed by atoms with van der Waals surface area (Å²) in [6, 6.07) is 16.0. The number of ketones is 1. The predicted molar refractivity (Wildman–Crippen MR) is 135 cm³/mol. The molecule has 0 saturated carbocycles. The van der Waals surface area contributed by atoms with E-state index >= 15 is 0 Å². The normalized spacial score (nSPS) is 13.6. The summed E-state index contributed by atoms with van der Waals surface area (Å²) in [5, 5.41) is 0. The van der Waals surface area contributed by atoms with Crippen molar-refractivity contribution < 1.29 is 19.1 Å². The molecule has 0 spiro atoms. The number of ether oxygens (including phenoxy) is 1. The average molecular weight is 484 g/mol. The molecule has 0 aliphatic carbocycles. The van der Waals surface area contributed by atoms with E-state index in [4.69, 9.17) is 0 Å². The standard InChI is InChI=1S/C27H25N5O4/c1-17-6-8-21-22(14-17)30-25(29-21)20-7-9-23(28-16-20)31-10-12-32(13-11-31)26(34)24(33)18-4-3-5-19(15-18)27(35)36-2/h3-9,14-16H,10-13H2,1-2H3,(H,29,30). The first kappa shape index (κ1) is 23.2. The van der Waals surface area contributed by atoms with Crippen molar-refractivity contribution in [1.82, 2.24) is 19.9 Å². The molecular formula is C27H25N5O4.